The molecule has 0 aliphatic rings. The summed E-state index contributed by atoms with van der Waals surface area (Å²) in [5, 5.41) is 2.00. The molecule has 12 heteroatoms. The van der Waals surface area contributed by atoms with Crippen molar-refractivity contribution in [1.82, 2.24) is 5.32 Å². The maximum atomic E-state index is 13.8. The third kappa shape index (κ3) is 6.03. The van der Waals surface area contributed by atoms with Crippen LogP contribution in [-0.4, -0.2) is 25.6 Å². The predicted octanol–water partition coefficient (Wildman–Crippen LogP) is 3.22. The van der Waals surface area contributed by atoms with Crippen LogP contribution in [0.25, 0.3) is 0 Å². The summed E-state index contributed by atoms with van der Waals surface area (Å²) in [4.78, 5) is 11.5. The van der Waals surface area contributed by atoms with Crippen LogP contribution in [0.2, 0.25) is 0 Å². The lowest BCUT2D eigenvalue weighted by Crippen LogP contribution is -2.33. The summed E-state index contributed by atoms with van der Waals surface area (Å²) in [6.07, 6.45) is -1.05. The Bertz CT molecular complexity index is 755. The molecule has 1 aromatic carbocycles. The van der Waals surface area contributed by atoms with Crippen molar-refractivity contribution >= 4 is 16.2 Å². The smallest absolute Gasteiger partial charge is 0.444 e. The van der Waals surface area contributed by atoms with Gasteiger partial charge in [0, 0.05) is 12.1 Å². The van der Waals surface area contributed by atoms with Gasteiger partial charge < -0.3 is 14.2 Å². The molecule has 1 amide bonds. The van der Waals surface area contributed by atoms with Gasteiger partial charge in [-0.1, -0.05) is 0 Å². The Balaban J connectivity index is 3.10. The highest BCUT2D eigenvalue weighted by atomic mass is 32.2. The van der Waals surface area contributed by atoms with E-state index in [1.54, 1.807) is 0 Å². The van der Waals surface area contributed by atoms with Crippen molar-refractivity contribution in [3.63, 3.8) is 0 Å². The molecular weight excluding hydrogens is 377 g/mol. The van der Waals surface area contributed by atoms with Crippen LogP contribution in [0.5, 0.6) is 5.75 Å². The average Bonchev–Trinajstić information content (AvgIpc) is 2.33. The number of nitrogens with one attached hydrogen (secondary N) is 1. The number of carbonyl (C=O) groups excluding carboxylic acids is 1. The van der Waals surface area contributed by atoms with Crippen LogP contribution in [0.1, 0.15) is 26.3 Å². The van der Waals surface area contributed by atoms with E-state index in [0.717, 1.165) is 0 Å². The molecule has 0 aliphatic carbocycles. The largest absolute Gasteiger partial charge is 0.534 e. The molecule has 6 nitrogen and oxygen atoms in total. The highest BCUT2D eigenvalue weighted by Crippen LogP contribution is 2.30. The number of ether oxygens (including phenoxy) is 1. The van der Waals surface area contributed by atoms with Gasteiger partial charge in [-0.05, 0) is 20.8 Å². The SMILES string of the molecule is CC(C)(C)OC(=O)NCc1c(F)cc(F)cc1OS(=O)(=O)C(F)(F)F. The lowest BCUT2D eigenvalue weighted by Gasteiger charge is -2.20. The number of hydrogen-bond donors (Lipinski definition) is 1. The molecule has 0 saturated heterocycles. The van der Waals surface area contributed by atoms with E-state index >= 15 is 0 Å². The fourth-order valence-electron chi connectivity index (χ4n) is 1.47. The first-order valence-corrected chi connectivity index (χ1v) is 7.99. The lowest BCUT2D eigenvalue weighted by molar-refractivity contribution is -0.0500. The first-order chi connectivity index (χ1) is 11.1. The molecule has 0 fully saturated rings. The van der Waals surface area contributed by atoms with E-state index in [9.17, 15) is 35.2 Å². The van der Waals surface area contributed by atoms with Crippen LogP contribution in [-0.2, 0) is 21.4 Å². The predicted molar refractivity (Wildman–Crippen MR) is 75.0 cm³/mol. The van der Waals surface area contributed by atoms with Gasteiger partial charge in [-0.2, -0.15) is 21.6 Å². The minimum absolute atomic E-state index is 0.248. The van der Waals surface area contributed by atoms with Crippen LogP contribution in [0.15, 0.2) is 12.1 Å². The number of halogens is 5. The minimum atomic E-state index is -6.15. The van der Waals surface area contributed by atoms with Gasteiger partial charge >= 0.3 is 21.7 Å². The Morgan fingerprint density at radius 1 is 1.16 bits per heavy atom. The number of benzene rings is 1. The molecule has 0 spiro atoms. The van der Waals surface area contributed by atoms with Crippen molar-refractivity contribution in [2.75, 3.05) is 0 Å². The third-order valence-corrected chi connectivity index (χ3v) is 3.38. The number of alkyl halides is 3. The second kappa shape index (κ2) is 7.02. The van der Waals surface area contributed by atoms with Crippen molar-refractivity contribution < 1.29 is 44.1 Å². The summed E-state index contributed by atoms with van der Waals surface area (Å²) < 4.78 is 94.7. The molecule has 1 N–H and O–H groups in total. The van der Waals surface area contributed by atoms with E-state index in [1.807, 2.05) is 5.32 Å². The Hall–Kier alpha value is -2.11. The van der Waals surface area contributed by atoms with Gasteiger partial charge in [-0.25, -0.2) is 13.6 Å². The van der Waals surface area contributed by atoms with Crippen LogP contribution in [0.3, 0.4) is 0 Å². The van der Waals surface area contributed by atoms with Gasteiger partial charge in [0.05, 0.1) is 12.1 Å². The van der Waals surface area contributed by atoms with Gasteiger partial charge in [-0.3, -0.25) is 0 Å². The molecule has 0 aromatic heterocycles. The van der Waals surface area contributed by atoms with Gasteiger partial charge in [0.1, 0.15) is 17.2 Å². The van der Waals surface area contributed by atoms with E-state index in [-0.39, 0.29) is 6.07 Å². The molecule has 25 heavy (non-hydrogen) atoms. The Kier molecular flexibility index (Phi) is 5.88. The zero-order valence-corrected chi connectivity index (χ0v) is 14.0. The number of amides is 1. The Morgan fingerprint density at radius 2 is 1.72 bits per heavy atom. The van der Waals surface area contributed by atoms with Crippen molar-refractivity contribution in [1.29, 1.82) is 0 Å². The second-order valence-corrected chi connectivity index (χ2v) is 7.24. The fraction of sp³-hybridized carbons (Fsp3) is 0.462. The van der Waals surface area contributed by atoms with Gasteiger partial charge in [-0.15, -0.1) is 0 Å². The van der Waals surface area contributed by atoms with Crippen LogP contribution < -0.4 is 9.50 Å². The van der Waals surface area contributed by atoms with Gasteiger partial charge in [0.25, 0.3) is 0 Å². The summed E-state index contributed by atoms with van der Waals surface area (Å²) in [5.74, 6) is -4.03. The van der Waals surface area contributed by atoms with E-state index in [4.69, 9.17) is 4.74 Å². The normalized spacial score (nSPS) is 12.6. The van der Waals surface area contributed by atoms with Crippen molar-refractivity contribution in [3.8, 4) is 5.75 Å². The van der Waals surface area contributed by atoms with Crippen LogP contribution >= 0.6 is 0 Å². The fourth-order valence-corrected chi connectivity index (χ4v) is 1.95. The monoisotopic (exact) mass is 391 g/mol. The molecule has 0 bridgehead atoms. The average molecular weight is 391 g/mol. The maximum absolute atomic E-state index is 13.8. The summed E-state index contributed by atoms with van der Waals surface area (Å²) in [6.45, 7) is 3.77. The Labute approximate surface area is 140 Å². The number of alkyl carbamates (subject to hydrolysis) is 1. The molecule has 0 heterocycles. The highest BCUT2D eigenvalue weighted by molar-refractivity contribution is 7.88. The summed E-state index contributed by atoms with van der Waals surface area (Å²) in [5.41, 5.74) is -7.52. The first-order valence-electron chi connectivity index (χ1n) is 6.58. The molecular formula is C13H14F5NO5S. The molecule has 0 saturated carbocycles. The standard InChI is InChI=1S/C13H14F5NO5S/c1-12(2,3)23-11(20)19-6-8-9(15)4-7(14)5-10(8)24-25(21,22)13(16,17)18/h4-5H,6H2,1-3H3,(H,19,20). The van der Waals surface area contributed by atoms with Crippen molar-refractivity contribution in [2.24, 2.45) is 0 Å². The summed E-state index contributed by atoms with van der Waals surface area (Å²) >= 11 is 0. The number of carbonyl (C=O) groups is 1. The van der Waals surface area contributed by atoms with E-state index in [1.165, 1.54) is 20.8 Å². The van der Waals surface area contributed by atoms with Crippen LogP contribution in [0, 0.1) is 11.6 Å². The topological polar surface area (TPSA) is 81.7 Å². The van der Waals surface area contributed by atoms with E-state index in [2.05, 4.69) is 4.18 Å². The van der Waals surface area contributed by atoms with Gasteiger partial charge in [0.15, 0.2) is 5.75 Å². The zero-order chi connectivity index (χ0) is 19.6. The summed E-state index contributed by atoms with van der Waals surface area (Å²) in [7, 11) is -6.15. The minimum Gasteiger partial charge on any atom is -0.444 e. The van der Waals surface area contributed by atoms with E-state index < -0.39 is 56.8 Å². The third-order valence-electron chi connectivity index (χ3n) is 2.41. The molecule has 0 atom stereocenters. The molecule has 1 aromatic rings. The van der Waals surface area contributed by atoms with Gasteiger partial charge in [0.2, 0.25) is 0 Å². The maximum Gasteiger partial charge on any atom is 0.534 e. The van der Waals surface area contributed by atoms with Crippen molar-refractivity contribution in [3.05, 3.63) is 29.3 Å². The number of rotatable bonds is 4. The molecule has 1 rings (SSSR count). The lowest BCUT2D eigenvalue weighted by atomic mass is 10.2. The second-order valence-electron chi connectivity index (χ2n) is 5.70. The Morgan fingerprint density at radius 3 is 2.20 bits per heavy atom. The number of hydrogen-bond acceptors (Lipinski definition) is 5. The van der Waals surface area contributed by atoms with Crippen molar-refractivity contribution in [2.45, 2.75) is 38.4 Å². The molecule has 0 radical (unpaired) electrons. The zero-order valence-electron chi connectivity index (χ0n) is 13.2. The molecule has 142 valence electrons. The quantitative estimate of drug-likeness (QED) is 0.484. The van der Waals surface area contributed by atoms with Crippen LogP contribution in [0.4, 0.5) is 26.7 Å². The highest BCUT2D eigenvalue weighted by Gasteiger charge is 2.49. The first kappa shape index (κ1) is 20.9. The van der Waals surface area contributed by atoms with E-state index in [0.29, 0.717) is 6.07 Å². The molecule has 0 unspecified atom stereocenters. The molecule has 0 aliphatic heterocycles. The summed E-state index contributed by atoms with van der Waals surface area (Å²) in [6, 6.07) is 0.539.